The first-order valence-electron chi connectivity index (χ1n) is 7.47. The maximum Gasteiger partial charge on any atom is 0.327 e. The van der Waals surface area contributed by atoms with Crippen LogP contribution in [0.3, 0.4) is 0 Å². The number of hydrogen-bond acceptors (Lipinski definition) is 2. The van der Waals surface area contributed by atoms with E-state index in [1.54, 1.807) is 4.90 Å². The number of nitrogens with zero attached hydrogens (tertiary/aromatic N) is 2. The van der Waals surface area contributed by atoms with Gasteiger partial charge in [-0.1, -0.05) is 25.1 Å². The first-order valence-corrected chi connectivity index (χ1v) is 7.47. The highest BCUT2D eigenvalue weighted by atomic mass is 16.4. The number of carbonyl (C=O) groups is 2. The summed E-state index contributed by atoms with van der Waals surface area (Å²) in [6, 6.07) is 6.52. The SMILES string of the molecule is CC1CCN(C(=O)N2c3ccccc3C[C@H]2C(=O)O)CC1. The molecule has 0 aromatic heterocycles. The van der Waals surface area contributed by atoms with Crippen LogP contribution >= 0.6 is 0 Å². The molecule has 1 saturated heterocycles. The molecule has 0 radical (unpaired) electrons. The second-order valence-corrected chi connectivity index (χ2v) is 6.01. The van der Waals surface area contributed by atoms with Gasteiger partial charge in [-0.25, -0.2) is 9.59 Å². The molecule has 2 amide bonds. The monoisotopic (exact) mass is 288 g/mol. The van der Waals surface area contributed by atoms with E-state index in [0.29, 0.717) is 25.4 Å². The molecule has 0 spiro atoms. The second-order valence-electron chi connectivity index (χ2n) is 6.01. The van der Waals surface area contributed by atoms with Gasteiger partial charge in [-0.3, -0.25) is 4.90 Å². The molecule has 1 aromatic carbocycles. The van der Waals surface area contributed by atoms with Gasteiger partial charge in [0.15, 0.2) is 0 Å². The fourth-order valence-electron chi connectivity index (χ4n) is 3.17. The predicted octanol–water partition coefficient (Wildman–Crippen LogP) is 2.35. The highest BCUT2D eigenvalue weighted by Gasteiger charge is 2.40. The van der Waals surface area contributed by atoms with Crippen molar-refractivity contribution in [2.24, 2.45) is 5.92 Å². The summed E-state index contributed by atoms with van der Waals surface area (Å²) in [6.45, 7) is 3.61. The topological polar surface area (TPSA) is 60.9 Å². The average molecular weight is 288 g/mol. The van der Waals surface area contributed by atoms with Crippen molar-refractivity contribution >= 4 is 17.7 Å². The third-order valence-corrected chi connectivity index (χ3v) is 4.52. The molecule has 2 heterocycles. The largest absolute Gasteiger partial charge is 0.480 e. The zero-order valence-corrected chi connectivity index (χ0v) is 12.2. The fraction of sp³-hybridized carbons (Fsp3) is 0.500. The van der Waals surface area contributed by atoms with Gasteiger partial charge in [-0.05, 0) is 30.4 Å². The molecule has 2 aliphatic rings. The van der Waals surface area contributed by atoms with Crippen molar-refractivity contribution < 1.29 is 14.7 Å². The summed E-state index contributed by atoms with van der Waals surface area (Å²) < 4.78 is 0. The summed E-state index contributed by atoms with van der Waals surface area (Å²) in [4.78, 5) is 27.5. The molecule has 0 unspecified atom stereocenters. The van der Waals surface area contributed by atoms with E-state index in [2.05, 4.69) is 6.92 Å². The number of likely N-dealkylation sites (tertiary alicyclic amines) is 1. The number of carboxylic acids is 1. The normalized spacial score (nSPS) is 22.2. The average Bonchev–Trinajstić information content (AvgIpc) is 2.87. The standard InChI is InChI=1S/C16H20N2O3/c1-11-6-8-17(9-7-11)16(21)18-13-5-3-2-4-12(13)10-14(18)15(19)20/h2-5,11,14H,6-10H2,1H3,(H,19,20)/t14-/m0/s1. The molecule has 1 N–H and O–H groups in total. The van der Waals surface area contributed by atoms with Gasteiger partial charge < -0.3 is 10.0 Å². The van der Waals surface area contributed by atoms with Crippen molar-refractivity contribution in [2.75, 3.05) is 18.0 Å². The van der Waals surface area contributed by atoms with Gasteiger partial charge in [0.2, 0.25) is 0 Å². The summed E-state index contributed by atoms with van der Waals surface area (Å²) in [5.41, 5.74) is 1.68. The van der Waals surface area contributed by atoms with Crippen molar-refractivity contribution in [1.82, 2.24) is 4.90 Å². The maximum atomic E-state index is 12.8. The first kappa shape index (κ1) is 13.9. The van der Waals surface area contributed by atoms with Crippen LogP contribution in [0.25, 0.3) is 0 Å². The molecule has 0 aliphatic carbocycles. The van der Waals surface area contributed by atoms with Crippen LogP contribution in [0.1, 0.15) is 25.3 Å². The molecule has 1 fully saturated rings. The number of piperidine rings is 1. The van der Waals surface area contributed by atoms with Gasteiger partial charge in [0.1, 0.15) is 6.04 Å². The van der Waals surface area contributed by atoms with Crippen LogP contribution in [-0.4, -0.2) is 41.1 Å². The maximum absolute atomic E-state index is 12.8. The molecule has 0 bridgehead atoms. The number of para-hydroxylation sites is 1. The molecule has 0 saturated carbocycles. The zero-order valence-electron chi connectivity index (χ0n) is 12.2. The Morgan fingerprint density at radius 1 is 1.19 bits per heavy atom. The Bertz CT molecular complexity index is 564. The third-order valence-electron chi connectivity index (χ3n) is 4.52. The molecule has 5 heteroatoms. The Morgan fingerprint density at radius 2 is 1.86 bits per heavy atom. The number of carbonyl (C=O) groups excluding carboxylic acids is 1. The quantitative estimate of drug-likeness (QED) is 0.863. The predicted molar refractivity (Wildman–Crippen MR) is 79.4 cm³/mol. The number of benzene rings is 1. The van der Waals surface area contributed by atoms with Crippen LogP contribution in [0.4, 0.5) is 10.5 Å². The van der Waals surface area contributed by atoms with Gasteiger partial charge >= 0.3 is 12.0 Å². The van der Waals surface area contributed by atoms with Crippen LogP contribution in [0.2, 0.25) is 0 Å². The van der Waals surface area contributed by atoms with Gasteiger partial charge in [0.05, 0.1) is 0 Å². The van der Waals surface area contributed by atoms with Crippen LogP contribution < -0.4 is 4.90 Å². The summed E-state index contributed by atoms with van der Waals surface area (Å²) in [5, 5.41) is 9.43. The van der Waals surface area contributed by atoms with E-state index in [1.807, 2.05) is 24.3 Å². The number of amides is 2. The number of carboxylic acid groups (broad SMARTS) is 1. The van der Waals surface area contributed by atoms with Crippen LogP contribution in [0.5, 0.6) is 0 Å². The van der Waals surface area contributed by atoms with E-state index in [-0.39, 0.29) is 6.03 Å². The highest BCUT2D eigenvalue weighted by molar-refractivity contribution is 6.01. The van der Waals surface area contributed by atoms with Crippen molar-refractivity contribution in [3.05, 3.63) is 29.8 Å². The van der Waals surface area contributed by atoms with Crippen LogP contribution in [-0.2, 0) is 11.2 Å². The minimum atomic E-state index is -0.940. The summed E-state index contributed by atoms with van der Waals surface area (Å²) in [7, 11) is 0. The molecule has 5 nitrogen and oxygen atoms in total. The smallest absolute Gasteiger partial charge is 0.327 e. The van der Waals surface area contributed by atoms with Crippen molar-refractivity contribution in [1.29, 1.82) is 0 Å². The summed E-state index contributed by atoms with van der Waals surface area (Å²) in [5.74, 6) is -0.305. The number of urea groups is 1. The van der Waals surface area contributed by atoms with Crippen molar-refractivity contribution in [3.8, 4) is 0 Å². The van der Waals surface area contributed by atoms with Gasteiger partial charge in [0, 0.05) is 25.2 Å². The molecule has 112 valence electrons. The van der Waals surface area contributed by atoms with E-state index >= 15 is 0 Å². The Morgan fingerprint density at radius 3 is 2.52 bits per heavy atom. The molecule has 1 aromatic rings. The Balaban J connectivity index is 1.87. The molecular formula is C16H20N2O3. The van der Waals surface area contributed by atoms with E-state index in [9.17, 15) is 14.7 Å². The van der Waals surface area contributed by atoms with Crippen LogP contribution in [0, 0.1) is 5.92 Å². The van der Waals surface area contributed by atoms with E-state index < -0.39 is 12.0 Å². The molecule has 21 heavy (non-hydrogen) atoms. The van der Waals surface area contributed by atoms with Crippen molar-refractivity contribution in [2.45, 2.75) is 32.2 Å². The van der Waals surface area contributed by atoms with Gasteiger partial charge in [-0.2, -0.15) is 0 Å². The Labute approximate surface area is 124 Å². The zero-order chi connectivity index (χ0) is 15.0. The lowest BCUT2D eigenvalue weighted by atomic mass is 9.99. The summed E-state index contributed by atoms with van der Waals surface area (Å²) in [6.07, 6.45) is 2.36. The molecule has 3 rings (SSSR count). The molecule has 2 aliphatic heterocycles. The third kappa shape index (κ3) is 2.48. The lowest BCUT2D eigenvalue weighted by molar-refractivity contribution is -0.138. The first-order chi connectivity index (χ1) is 10.1. The minimum Gasteiger partial charge on any atom is -0.480 e. The van der Waals surface area contributed by atoms with Crippen molar-refractivity contribution in [3.63, 3.8) is 0 Å². The number of aliphatic carboxylic acids is 1. The lowest BCUT2D eigenvalue weighted by Gasteiger charge is -2.35. The lowest BCUT2D eigenvalue weighted by Crippen LogP contribution is -2.51. The van der Waals surface area contributed by atoms with Crippen LogP contribution in [0.15, 0.2) is 24.3 Å². The van der Waals surface area contributed by atoms with Gasteiger partial charge in [0.25, 0.3) is 0 Å². The minimum absolute atomic E-state index is 0.167. The summed E-state index contributed by atoms with van der Waals surface area (Å²) >= 11 is 0. The van der Waals surface area contributed by atoms with Gasteiger partial charge in [-0.15, -0.1) is 0 Å². The number of fused-ring (bicyclic) bond motifs is 1. The second kappa shape index (κ2) is 5.39. The van der Waals surface area contributed by atoms with E-state index in [0.717, 1.165) is 24.1 Å². The Kier molecular flexibility index (Phi) is 3.57. The van der Waals surface area contributed by atoms with E-state index in [1.165, 1.54) is 4.90 Å². The number of anilines is 1. The Hall–Kier alpha value is -2.04. The highest BCUT2D eigenvalue weighted by Crippen LogP contribution is 2.33. The number of rotatable bonds is 1. The van der Waals surface area contributed by atoms with E-state index in [4.69, 9.17) is 0 Å². The molecule has 1 atom stereocenters. The number of hydrogen-bond donors (Lipinski definition) is 1. The molecular weight excluding hydrogens is 268 g/mol. The fourth-order valence-corrected chi connectivity index (χ4v) is 3.17.